The highest BCUT2D eigenvalue weighted by atomic mass is 35.5. The van der Waals surface area contributed by atoms with E-state index in [1.54, 1.807) is 18.2 Å². The van der Waals surface area contributed by atoms with Crippen LogP contribution in [0.4, 0.5) is 10.1 Å². The molecule has 0 bridgehead atoms. The topological polar surface area (TPSA) is 60.7 Å². The molecule has 0 unspecified atom stereocenters. The minimum absolute atomic E-state index is 0.0175. The van der Waals surface area contributed by atoms with Crippen molar-refractivity contribution in [2.24, 2.45) is 0 Å². The van der Waals surface area contributed by atoms with Crippen LogP contribution in [0.15, 0.2) is 48.5 Å². The van der Waals surface area contributed by atoms with Crippen LogP contribution in [0.1, 0.15) is 24.9 Å². The number of hydrogen-bond acceptors (Lipinski definition) is 2. The normalized spacial score (nSPS) is 11.6. The summed E-state index contributed by atoms with van der Waals surface area (Å²) in [6.07, 6.45) is 0.139. The third-order valence-electron chi connectivity index (χ3n) is 3.93. The molecule has 25 heavy (non-hydrogen) atoms. The lowest BCUT2D eigenvalue weighted by molar-refractivity contribution is -0.682. The Morgan fingerprint density at radius 2 is 1.96 bits per heavy atom. The van der Waals surface area contributed by atoms with Gasteiger partial charge in [0.2, 0.25) is 0 Å². The summed E-state index contributed by atoms with van der Waals surface area (Å²) in [5.41, 5.74) is 1.13. The van der Waals surface area contributed by atoms with E-state index in [-0.39, 0.29) is 37.1 Å². The lowest BCUT2D eigenvalue weighted by Gasteiger charge is -2.22. The number of halogens is 2. The lowest BCUT2D eigenvalue weighted by Crippen LogP contribution is -2.87. The van der Waals surface area contributed by atoms with Gasteiger partial charge in [0.05, 0.1) is 18.2 Å². The number of rotatable bonds is 7. The van der Waals surface area contributed by atoms with Crippen LogP contribution in [-0.4, -0.2) is 19.0 Å². The van der Waals surface area contributed by atoms with Gasteiger partial charge in [-0.25, -0.2) is 4.39 Å². The summed E-state index contributed by atoms with van der Waals surface area (Å²) in [7, 11) is 0. The summed E-state index contributed by atoms with van der Waals surface area (Å²) in [5, 5.41) is 11.3. The molecule has 2 aromatic rings. The molecule has 0 aliphatic rings. The highest BCUT2D eigenvalue weighted by Gasteiger charge is 2.21. The fourth-order valence-corrected chi connectivity index (χ4v) is 2.88. The van der Waals surface area contributed by atoms with Crippen LogP contribution in [-0.2, 0) is 4.79 Å². The van der Waals surface area contributed by atoms with Crippen molar-refractivity contribution < 1.29 is 14.5 Å². The fraction of sp³-hybridized carbons (Fsp3) is 0.263. The second-order valence-electron chi connectivity index (χ2n) is 5.65. The molecule has 0 aliphatic heterocycles. The predicted octanol–water partition coefficient (Wildman–Crippen LogP) is 3.05. The van der Waals surface area contributed by atoms with Crippen LogP contribution in [0.2, 0.25) is 5.02 Å². The van der Waals surface area contributed by atoms with E-state index in [1.807, 2.05) is 42.6 Å². The Hall–Kier alpha value is -2.42. The van der Waals surface area contributed by atoms with Crippen molar-refractivity contribution in [3.8, 4) is 6.07 Å². The molecule has 0 spiro atoms. The molecule has 4 nitrogen and oxygen atoms in total. The summed E-state index contributed by atoms with van der Waals surface area (Å²) in [5.74, 6) is -0.729. The van der Waals surface area contributed by atoms with Gasteiger partial charge < -0.3 is 10.2 Å². The molecule has 2 N–H and O–H groups in total. The standard InChI is InChI=1S/C19H19ClFN3O/c1-14(15-7-2-3-8-16(15)20)23-13-19(25)24(12-6-11-22)18-10-5-4-9-17(18)21/h2-5,7-10,14,23H,6,12-13H2,1H3/p+1/t14-/m1/s1. The Kier molecular flexibility index (Phi) is 6.93. The van der Waals surface area contributed by atoms with Crippen LogP contribution in [0.25, 0.3) is 0 Å². The zero-order valence-electron chi connectivity index (χ0n) is 14.0. The molecule has 2 rings (SSSR count). The summed E-state index contributed by atoms with van der Waals surface area (Å²) in [4.78, 5) is 13.9. The first-order valence-corrected chi connectivity index (χ1v) is 8.42. The first-order chi connectivity index (χ1) is 12.0. The number of amides is 1. The number of carbonyl (C=O) groups is 1. The predicted molar refractivity (Wildman–Crippen MR) is 95.6 cm³/mol. The van der Waals surface area contributed by atoms with E-state index in [1.165, 1.54) is 11.0 Å². The number of nitrogens with zero attached hydrogens (tertiary/aromatic N) is 2. The Balaban J connectivity index is 2.08. The van der Waals surface area contributed by atoms with Crippen molar-refractivity contribution in [3.63, 3.8) is 0 Å². The van der Waals surface area contributed by atoms with Gasteiger partial charge in [-0.05, 0) is 25.1 Å². The van der Waals surface area contributed by atoms with Crippen LogP contribution in [0, 0.1) is 17.1 Å². The molecule has 2 aromatic carbocycles. The van der Waals surface area contributed by atoms with Crippen molar-refractivity contribution in [1.29, 1.82) is 5.26 Å². The van der Waals surface area contributed by atoms with Gasteiger partial charge >= 0.3 is 0 Å². The van der Waals surface area contributed by atoms with Crippen molar-refractivity contribution >= 4 is 23.2 Å². The molecule has 0 aromatic heterocycles. The molecule has 0 saturated heterocycles. The molecule has 0 saturated carbocycles. The number of carbonyl (C=O) groups excluding carboxylic acids is 1. The van der Waals surface area contributed by atoms with E-state index in [4.69, 9.17) is 16.9 Å². The quantitative estimate of drug-likeness (QED) is 0.825. The average Bonchev–Trinajstić information content (AvgIpc) is 2.61. The van der Waals surface area contributed by atoms with Crippen molar-refractivity contribution in [2.45, 2.75) is 19.4 Å². The highest BCUT2D eigenvalue weighted by molar-refractivity contribution is 6.31. The maximum Gasteiger partial charge on any atom is 0.282 e. The number of nitrogens with two attached hydrogens (primary N) is 1. The molecular weight excluding hydrogens is 341 g/mol. The maximum absolute atomic E-state index is 14.0. The van der Waals surface area contributed by atoms with Crippen LogP contribution >= 0.6 is 11.6 Å². The minimum Gasteiger partial charge on any atom is -0.332 e. The van der Waals surface area contributed by atoms with E-state index in [9.17, 15) is 9.18 Å². The number of quaternary nitrogens is 1. The number of anilines is 1. The van der Waals surface area contributed by atoms with Crippen LogP contribution < -0.4 is 10.2 Å². The van der Waals surface area contributed by atoms with Crippen molar-refractivity contribution in [2.75, 3.05) is 18.0 Å². The number of para-hydroxylation sites is 1. The Bertz CT molecular complexity index is 775. The van der Waals surface area contributed by atoms with Crippen LogP contribution in [0.3, 0.4) is 0 Å². The number of benzene rings is 2. The second-order valence-corrected chi connectivity index (χ2v) is 6.06. The van der Waals surface area contributed by atoms with Crippen molar-refractivity contribution in [1.82, 2.24) is 0 Å². The van der Waals surface area contributed by atoms with Gasteiger partial charge in [-0.3, -0.25) is 4.79 Å². The van der Waals surface area contributed by atoms with Crippen molar-refractivity contribution in [3.05, 3.63) is 64.9 Å². The third-order valence-corrected chi connectivity index (χ3v) is 4.28. The molecule has 1 amide bonds. The zero-order valence-corrected chi connectivity index (χ0v) is 14.7. The Morgan fingerprint density at radius 3 is 2.64 bits per heavy atom. The smallest absolute Gasteiger partial charge is 0.282 e. The molecule has 0 aliphatic carbocycles. The third kappa shape index (κ3) is 5.02. The second kappa shape index (κ2) is 9.16. The number of nitriles is 1. The van der Waals surface area contributed by atoms with E-state index in [0.717, 1.165) is 5.56 Å². The first kappa shape index (κ1) is 18.9. The van der Waals surface area contributed by atoms with E-state index >= 15 is 0 Å². The first-order valence-electron chi connectivity index (χ1n) is 8.04. The fourth-order valence-electron chi connectivity index (χ4n) is 2.57. The summed E-state index contributed by atoms with van der Waals surface area (Å²) < 4.78 is 14.0. The molecule has 130 valence electrons. The van der Waals surface area contributed by atoms with E-state index < -0.39 is 5.82 Å². The summed E-state index contributed by atoms with van der Waals surface area (Å²) >= 11 is 6.18. The van der Waals surface area contributed by atoms with Gasteiger partial charge in [0.25, 0.3) is 5.91 Å². The van der Waals surface area contributed by atoms with Crippen LogP contribution in [0.5, 0.6) is 0 Å². The monoisotopic (exact) mass is 360 g/mol. The molecular formula is C19H20ClFN3O+. The molecule has 1 atom stereocenters. The average molecular weight is 361 g/mol. The molecule has 0 radical (unpaired) electrons. The van der Waals surface area contributed by atoms with Gasteiger partial charge in [0, 0.05) is 17.1 Å². The SMILES string of the molecule is C[C@@H]([NH2+]CC(=O)N(CCC#N)c1ccccc1F)c1ccccc1Cl. The minimum atomic E-state index is -0.479. The van der Waals surface area contributed by atoms with E-state index in [0.29, 0.717) is 5.02 Å². The zero-order chi connectivity index (χ0) is 18.2. The largest absolute Gasteiger partial charge is 0.332 e. The maximum atomic E-state index is 14.0. The van der Waals surface area contributed by atoms with Gasteiger partial charge in [-0.15, -0.1) is 0 Å². The highest BCUT2D eigenvalue weighted by Crippen LogP contribution is 2.20. The van der Waals surface area contributed by atoms with Gasteiger partial charge in [0.1, 0.15) is 11.9 Å². The molecule has 0 heterocycles. The van der Waals surface area contributed by atoms with Gasteiger partial charge in [-0.2, -0.15) is 5.26 Å². The summed E-state index contributed by atoms with van der Waals surface area (Å²) in [6.45, 7) is 2.24. The van der Waals surface area contributed by atoms with Gasteiger partial charge in [-0.1, -0.05) is 41.9 Å². The molecule has 6 heteroatoms. The van der Waals surface area contributed by atoms with E-state index in [2.05, 4.69) is 0 Å². The molecule has 0 fully saturated rings. The number of hydrogen-bond donors (Lipinski definition) is 1. The summed E-state index contributed by atoms with van der Waals surface area (Å²) in [6, 6.07) is 15.5. The Morgan fingerprint density at radius 1 is 1.28 bits per heavy atom. The lowest BCUT2D eigenvalue weighted by atomic mass is 10.1. The van der Waals surface area contributed by atoms with Gasteiger partial charge in [0.15, 0.2) is 6.54 Å². The Labute approximate surface area is 151 Å².